The molecule has 1 heterocycles. The van der Waals surface area contributed by atoms with E-state index < -0.39 is 0 Å². The summed E-state index contributed by atoms with van der Waals surface area (Å²) in [7, 11) is 0. The minimum absolute atomic E-state index is 0. The summed E-state index contributed by atoms with van der Waals surface area (Å²) in [6, 6.07) is 0. The van der Waals surface area contributed by atoms with Crippen molar-refractivity contribution < 1.29 is 4.79 Å². The van der Waals surface area contributed by atoms with Crippen LogP contribution in [0.1, 0.15) is 41.7 Å². The van der Waals surface area contributed by atoms with E-state index in [1.54, 1.807) is 5.38 Å². The van der Waals surface area contributed by atoms with E-state index in [4.69, 9.17) is 5.73 Å². The van der Waals surface area contributed by atoms with Gasteiger partial charge in [-0.25, -0.2) is 4.98 Å². The van der Waals surface area contributed by atoms with Gasteiger partial charge in [0.2, 0.25) is 0 Å². The van der Waals surface area contributed by atoms with Crippen LogP contribution in [0.15, 0.2) is 5.38 Å². The summed E-state index contributed by atoms with van der Waals surface area (Å²) in [4.78, 5) is 15.9. The third-order valence-corrected chi connectivity index (χ3v) is 4.07. The number of nitrogens with two attached hydrogens (primary N) is 1. The van der Waals surface area contributed by atoms with Crippen LogP contribution in [0.2, 0.25) is 0 Å². The van der Waals surface area contributed by atoms with Gasteiger partial charge in [0, 0.05) is 18.5 Å². The number of amides is 1. The smallest absolute Gasteiger partial charge is 0.270 e. The zero-order valence-electron chi connectivity index (χ0n) is 9.86. The molecule has 1 aromatic heterocycles. The van der Waals surface area contributed by atoms with Crippen LogP contribution >= 0.6 is 23.7 Å². The Balaban J connectivity index is 0.00000144. The van der Waals surface area contributed by atoms with E-state index in [0.29, 0.717) is 17.7 Å². The molecule has 0 spiro atoms. The van der Waals surface area contributed by atoms with E-state index in [2.05, 4.69) is 17.2 Å². The van der Waals surface area contributed by atoms with Crippen LogP contribution in [0, 0.1) is 5.41 Å². The van der Waals surface area contributed by atoms with Crippen molar-refractivity contribution in [3.8, 4) is 0 Å². The maximum Gasteiger partial charge on any atom is 0.270 e. The highest BCUT2D eigenvalue weighted by molar-refractivity contribution is 7.09. The fourth-order valence-corrected chi connectivity index (χ4v) is 2.50. The molecule has 1 aliphatic carbocycles. The van der Waals surface area contributed by atoms with E-state index in [9.17, 15) is 4.79 Å². The molecule has 2 rings (SSSR count). The molecular weight excluding hydrogens is 258 g/mol. The Bertz CT molecular complexity index is 390. The first-order valence-corrected chi connectivity index (χ1v) is 6.44. The van der Waals surface area contributed by atoms with E-state index in [0.717, 1.165) is 11.6 Å². The molecule has 17 heavy (non-hydrogen) atoms. The van der Waals surface area contributed by atoms with Crippen molar-refractivity contribution in [2.24, 2.45) is 11.1 Å². The fraction of sp³-hybridized carbons (Fsp3) is 0.636. The second kappa shape index (κ2) is 5.80. The Morgan fingerprint density at radius 1 is 1.65 bits per heavy atom. The Kier molecular flexibility index (Phi) is 4.91. The lowest BCUT2D eigenvalue weighted by atomic mass is 9.70. The van der Waals surface area contributed by atoms with Crippen molar-refractivity contribution in [2.45, 2.75) is 32.7 Å². The molecule has 6 heteroatoms. The highest BCUT2D eigenvalue weighted by atomic mass is 35.5. The van der Waals surface area contributed by atoms with Gasteiger partial charge < -0.3 is 11.1 Å². The number of aromatic nitrogens is 1. The number of halogens is 1. The number of nitrogens with zero attached hydrogens (tertiary/aromatic N) is 1. The minimum Gasteiger partial charge on any atom is -0.350 e. The van der Waals surface area contributed by atoms with Crippen LogP contribution in [0.4, 0.5) is 0 Å². The SMILES string of the molecule is CC1(CNC(=O)c2csc(CN)n2)CCC1.Cl. The zero-order valence-corrected chi connectivity index (χ0v) is 11.5. The molecule has 1 saturated carbocycles. The lowest BCUT2D eigenvalue weighted by Crippen LogP contribution is -2.40. The molecular formula is C11H18ClN3OS. The molecule has 0 radical (unpaired) electrons. The molecule has 1 fully saturated rings. The van der Waals surface area contributed by atoms with Crippen molar-refractivity contribution in [3.05, 3.63) is 16.1 Å². The first-order valence-electron chi connectivity index (χ1n) is 5.56. The Hall–Kier alpha value is -0.650. The number of nitrogens with one attached hydrogen (secondary N) is 1. The second-order valence-corrected chi connectivity index (χ2v) is 5.62. The molecule has 3 N–H and O–H groups in total. The fourth-order valence-electron chi connectivity index (χ4n) is 1.85. The zero-order chi connectivity index (χ0) is 11.6. The van der Waals surface area contributed by atoms with Crippen molar-refractivity contribution in [1.29, 1.82) is 0 Å². The van der Waals surface area contributed by atoms with Crippen LogP contribution in [0.5, 0.6) is 0 Å². The van der Waals surface area contributed by atoms with E-state index >= 15 is 0 Å². The summed E-state index contributed by atoms with van der Waals surface area (Å²) in [5, 5.41) is 5.51. The Labute approximate surface area is 111 Å². The van der Waals surface area contributed by atoms with Gasteiger partial charge in [-0.05, 0) is 18.3 Å². The highest BCUT2D eigenvalue weighted by Gasteiger charge is 2.32. The molecule has 96 valence electrons. The van der Waals surface area contributed by atoms with Crippen LogP contribution in [-0.2, 0) is 6.54 Å². The Morgan fingerprint density at radius 3 is 2.82 bits per heavy atom. The second-order valence-electron chi connectivity index (χ2n) is 4.68. The van der Waals surface area contributed by atoms with Gasteiger partial charge in [-0.15, -0.1) is 23.7 Å². The summed E-state index contributed by atoms with van der Waals surface area (Å²) in [5.74, 6) is -0.0796. The molecule has 1 aliphatic rings. The van der Waals surface area contributed by atoms with Gasteiger partial charge in [0.05, 0.1) is 0 Å². The lowest BCUT2D eigenvalue weighted by Gasteiger charge is -2.38. The monoisotopic (exact) mass is 275 g/mol. The first kappa shape index (κ1) is 14.4. The molecule has 4 nitrogen and oxygen atoms in total. The maximum atomic E-state index is 11.8. The summed E-state index contributed by atoms with van der Waals surface area (Å²) >= 11 is 1.43. The van der Waals surface area contributed by atoms with Gasteiger partial charge in [-0.1, -0.05) is 13.3 Å². The molecule has 0 atom stereocenters. The van der Waals surface area contributed by atoms with Crippen LogP contribution in [0.25, 0.3) is 0 Å². The van der Waals surface area contributed by atoms with Crippen molar-refractivity contribution in [3.63, 3.8) is 0 Å². The summed E-state index contributed by atoms with van der Waals surface area (Å²) in [6.07, 6.45) is 3.69. The van der Waals surface area contributed by atoms with E-state index in [1.165, 1.54) is 30.6 Å². The van der Waals surface area contributed by atoms with Gasteiger partial charge in [0.15, 0.2) is 0 Å². The van der Waals surface area contributed by atoms with Crippen molar-refractivity contribution >= 4 is 29.7 Å². The normalized spacial score (nSPS) is 16.8. The number of rotatable bonds is 4. The van der Waals surface area contributed by atoms with Crippen molar-refractivity contribution in [1.82, 2.24) is 10.3 Å². The van der Waals surface area contributed by atoms with Gasteiger partial charge in [0.25, 0.3) is 5.91 Å². The van der Waals surface area contributed by atoms with Gasteiger partial charge in [-0.3, -0.25) is 4.79 Å². The summed E-state index contributed by atoms with van der Waals surface area (Å²) in [6.45, 7) is 3.36. The highest BCUT2D eigenvalue weighted by Crippen LogP contribution is 2.39. The first-order chi connectivity index (χ1) is 7.63. The summed E-state index contributed by atoms with van der Waals surface area (Å²) < 4.78 is 0. The number of thiazole rings is 1. The van der Waals surface area contributed by atoms with Crippen molar-refractivity contribution in [2.75, 3.05) is 6.54 Å². The molecule has 0 bridgehead atoms. The largest absolute Gasteiger partial charge is 0.350 e. The molecule has 1 amide bonds. The standard InChI is InChI=1S/C11H17N3OS.ClH/c1-11(3-2-4-11)7-13-10(15)8-6-16-9(5-12)14-8;/h6H,2-5,7,12H2,1H3,(H,13,15);1H. The average molecular weight is 276 g/mol. The number of hydrogen-bond donors (Lipinski definition) is 2. The van der Waals surface area contributed by atoms with Crippen LogP contribution in [-0.4, -0.2) is 17.4 Å². The summed E-state index contributed by atoms with van der Waals surface area (Å²) in [5.41, 5.74) is 6.26. The number of carbonyl (C=O) groups excluding carboxylic acids is 1. The lowest BCUT2D eigenvalue weighted by molar-refractivity contribution is 0.0886. The number of carbonyl (C=O) groups is 1. The van der Waals surface area contributed by atoms with Crippen LogP contribution < -0.4 is 11.1 Å². The van der Waals surface area contributed by atoms with Gasteiger partial charge in [-0.2, -0.15) is 0 Å². The topological polar surface area (TPSA) is 68.0 Å². The number of hydrogen-bond acceptors (Lipinski definition) is 4. The Morgan fingerprint density at radius 2 is 2.35 bits per heavy atom. The predicted molar refractivity (Wildman–Crippen MR) is 71.5 cm³/mol. The van der Waals surface area contributed by atoms with Gasteiger partial charge >= 0.3 is 0 Å². The quantitative estimate of drug-likeness (QED) is 0.882. The molecule has 0 aromatic carbocycles. The van der Waals surface area contributed by atoms with E-state index in [-0.39, 0.29) is 18.3 Å². The molecule has 1 aromatic rings. The minimum atomic E-state index is -0.0796. The third kappa shape index (κ3) is 3.40. The van der Waals surface area contributed by atoms with Gasteiger partial charge in [0.1, 0.15) is 10.7 Å². The molecule has 0 aliphatic heterocycles. The predicted octanol–water partition coefficient (Wildman–Crippen LogP) is 1.94. The molecule has 0 saturated heterocycles. The van der Waals surface area contributed by atoms with Crippen LogP contribution in [0.3, 0.4) is 0 Å². The third-order valence-electron chi connectivity index (χ3n) is 3.20. The average Bonchev–Trinajstić information content (AvgIpc) is 2.71. The maximum absolute atomic E-state index is 11.8. The molecule has 0 unspecified atom stereocenters. The van der Waals surface area contributed by atoms with E-state index in [1.807, 2.05) is 0 Å².